The second kappa shape index (κ2) is 4.64. The minimum atomic E-state index is 0.730. The number of hydrogen-bond acceptors (Lipinski definition) is 0. The third-order valence-corrected chi connectivity index (χ3v) is 2.83. The SMILES string of the molecule is CC/C(C)=C/C=C(/C(C)C)C1CC1. The minimum Gasteiger partial charge on any atom is -0.0736 e. The molecule has 0 heteroatoms. The van der Waals surface area contributed by atoms with Gasteiger partial charge in [-0.15, -0.1) is 0 Å². The Morgan fingerprint density at radius 3 is 2.31 bits per heavy atom. The van der Waals surface area contributed by atoms with E-state index in [1.807, 2.05) is 0 Å². The van der Waals surface area contributed by atoms with E-state index in [2.05, 4.69) is 39.8 Å². The maximum atomic E-state index is 2.36. The van der Waals surface area contributed by atoms with Crippen LogP contribution in [0, 0.1) is 11.8 Å². The fourth-order valence-electron chi connectivity index (χ4n) is 1.57. The lowest BCUT2D eigenvalue weighted by Crippen LogP contribution is -1.95. The molecule has 1 rings (SSSR count). The van der Waals surface area contributed by atoms with E-state index >= 15 is 0 Å². The van der Waals surface area contributed by atoms with Gasteiger partial charge in [-0.3, -0.25) is 0 Å². The first-order valence-corrected chi connectivity index (χ1v) is 5.52. The van der Waals surface area contributed by atoms with E-state index in [1.54, 1.807) is 5.57 Å². The summed E-state index contributed by atoms with van der Waals surface area (Å²) in [4.78, 5) is 0. The Balaban J connectivity index is 2.63. The van der Waals surface area contributed by atoms with Crippen LogP contribution in [0.3, 0.4) is 0 Å². The van der Waals surface area contributed by atoms with Crippen molar-refractivity contribution in [2.24, 2.45) is 11.8 Å². The van der Waals surface area contributed by atoms with Crippen LogP contribution in [-0.4, -0.2) is 0 Å². The first kappa shape index (κ1) is 10.6. The van der Waals surface area contributed by atoms with Gasteiger partial charge in [0.2, 0.25) is 0 Å². The van der Waals surface area contributed by atoms with Crippen LogP contribution in [0.25, 0.3) is 0 Å². The van der Waals surface area contributed by atoms with Gasteiger partial charge in [-0.1, -0.05) is 44.1 Å². The summed E-state index contributed by atoms with van der Waals surface area (Å²) in [7, 11) is 0. The highest BCUT2D eigenvalue weighted by Crippen LogP contribution is 2.39. The molecular formula is C13H22. The highest BCUT2D eigenvalue weighted by atomic mass is 14.3. The molecule has 0 amide bonds. The minimum absolute atomic E-state index is 0.730. The Labute approximate surface area is 82.7 Å². The van der Waals surface area contributed by atoms with Crippen LogP contribution >= 0.6 is 0 Å². The molecule has 0 radical (unpaired) electrons. The van der Waals surface area contributed by atoms with Gasteiger partial charge in [-0.2, -0.15) is 0 Å². The normalized spacial score (nSPS) is 19.8. The molecule has 1 fully saturated rings. The highest BCUT2D eigenvalue weighted by molar-refractivity contribution is 5.22. The summed E-state index contributed by atoms with van der Waals surface area (Å²) in [5.74, 6) is 1.65. The summed E-state index contributed by atoms with van der Waals surface area (Å²) in [6, 6.07) is 0. The van der Waals surface area contributed by atoms with Crippen LogP contribution in [0.1, 0.15) is 47.0 Å². The quantitative estimate of drug-likeness (QED) is 0.562. The van der Waals surface area contributed by atoms with E-state index in [9.17, 15) is 0 Å². The smallest absolute Gasteiger partial charge is 0.0197 e. The van der Waals surface area contributed by atoms with E-state index in [0.29, 0.717) is 0 Å². The van der Waals surface area contributed by atoms with Crippen LogP contribution in [0.15, 0.2) is 23.3 Å². The van der Waals surface area contributed by atoms with Gasteiger partial charge in [0, 0.05) is 0 Å². The standard InChI is InChI=1S/C13H22/c1-5-11(4)6-9-13(10(2)3)12-7-8-12/h6,9-10,12H,5,7-8H2,1-4H3/b11-6+,13-9-. The van der Waals surface area contributed by atoms with E-state index in [4.69, 9.17) is 0 Å². The van der Waals surface area contributed by atoms with Gasteiger partial charge >= 0.3 is 0 Å². The van der Waals surface area contributed by atoms with Gasteiger partial charge in [0.05, 0.1) is 0 Å². The molecule has 0 unspecified atom stereocenters. The molecule has 0 aromatic rings. The fraction of sp³-hybridized carbons (Fsp3) is 0.692. The molecule has 0 aromatic carbocycles. The Bertz CT molecular complexity index is 210. The summed E-state index contributed by atoms with van der Waals surface area (Å²) < 4.78 is 0. The Morgan fingerprint density at radius 2 is 1.92 bits per heavy atom. The van der Waals surface area contributed by atoms with Crippen molar-refractivity contribution < 1.29 is 0 Å². The first-order valence-electron chi connectivity index (χ1n) is 5.52. The fourth-order valence-corrected chi connectivity index (χ4v) is 1.57. The number of allylic oxidation sites excluding steroid dienone is 4. The second-order valence-electron chi connectivity index (χ2n) is 4.46. The molecule has 0 N–H and O–H groups in total. The van der Waals surface area contributed by atoms with Gasteiger partial charge in [0.25, 0.3) is 0 Å². The Kier molecular flexibility index (Phi) is 3.77. The van der Waals surface area contributed by atoms with Crippen LogP contribution in [0.2, 0.25) is 0 Å². The Hall–Kier alpha value is -0.520. The molecule has 0 spiro atoms. The topological polar surface area (TPSA) is 0 Å². The third kappa shape index (κ3) is 3.38. The largest absolute Gasteiger partial charge is 0.0736 e. The molecule has 1 aliphatic carbocycles. The summed E-state index contributed by atoms with van der Waals surface area (Å²) >= 11 is 0. The summed E-state index contributed by atoms with van der Waals surface area (Å²) in [6.07, 6.45) is 8.67. The molecule has 74 valence electrons. The zero-order valence-corrected chi connectivity index (χ0v) is 9.43. The monoisotopic (exact) mass is 178 g/mol. The van der Waals surface area contributed by atoms with Crippen molar-refractivity contribution in [3.8, 4) is 0 Å². The molecule has 0 nitrogen and oxygen atoms in total. The average Bonchev–Trinajstić information content (AvgIpc) is 2.87. The summed E-state index contributed by atoms with van der Waals surface area (Å²) in [6.45, 7) is 9.03. The van der Waals surface area contributed by atoms with E-state index < -0.39 is 0 Å². The van der Waals surface area contributed by atoms with E-state index in [0.717, 1.165) is 11.8 Å². The van der Waals surface area contributed by atoms with Gasteiger partial charge in [-0.25, -0.2) is 0 Å². The van der Waals surface area contributed by atoms with Crippen molar-refractivity contribution in [3.63, 3.8) is 0 Å². The Morgan fingerprint density at radius 1 is 1.31 bits per heavy atom. The lowest BCUT2D eigenvalue weighted by molar-refractivity contribution is 0.704. The van der Waals surface area contributed by atoms with Crippen LogP contribution in [0.5, 0.6) is 0 Å². The van der Waals surface area contributed by atoms with Crippen LogP contribution < -0.4 is 0 Å². The maximum absolute atomic E-state index is 2.36. The molecule has 0 aliphatic heterocycles. The predicted molar refractivity (Wildman–Crippen MR) is 59.7 cm³/mol. The summed E-state index contributed by atoms with van der Waals surface area (Å²) in [5, 5.41) is 0. The van der Waals surface area contributed by atoms with Crippen LogP contribution in [-0.2, 0) is 0 Å². The lowest BCUT2D eigenvalue weighted by atomic mass is 9.97. The highest BCUT2D eigenvalue weighted by Gasteiger charge is 2.26. The molecular weight excluding hydrogens is 156 g/mol. The zero-order chi connectivity index (χ0) is 9.84. The predicted octanol–water partition coefficient (Wildman–Crippen LogP) is 4.34. The van der Waals surface area contributed by atoms with E-state index in [1.165, 1.54) is 24.8 Å². The molecule has 0 aromatic heterocycles. The molecule has 0 heterocycles. The van der Waals surface area contributed by atoms with Crippen molar-refractivity contribution >= 4 is 0 Å². The van der Waals surface area contributed by atoms with Gasteiger partial charge < -0.3 is 0 Å². The third-order valence-electron chi connectivity index (χ3n) is 2.83. The maximum Gasteiger partial charge on any atom is -0.0197 e. The molecule has 0 bridgehead atoms. The zero-order valence-electron chi connectivity index (χ0n) is 9.43. The molecule has 1 aliphatic rings. The molecule has 13 heavy (non-hydrogen) atoms. The van der Waals surface area contributed by atoms with Crippen molar-refractivity contribution in [1.82, 2.24) is 0 Å². The van der Waals surface area contributed by atoms with E-state index in [-0.39, 0.29) is 0 Å². The molecule has 0 atom stereocenters. The van der Waals surface area contributed by atoms with Gasteiger partial charge in [0.1, 0.15) is 0 Å². The molecule has 0 saturated heterocycles. The van der Waals surface area contributed by atoms with Gasteiger partial charge in [0.15, 0.2) is 0 Å². The second-order valence-corrected chi connectivity index (χ2v) is 4.46. The van der Waals surface area contributed by atoms with Crippen molar-refractivity contribution in [3.05, 3.63) is 23.3 Å². The first-order chi connectivity index (χ1) is 6.15. The van der Waals surface area contributed by atoms with Gasteiger partial charge in [-0.05, 0) is 38.0 Å². The van der Waals surface area contributed by atoms with Crippen molar-refractivity contribution in [1.29, 1.82) is 0 Å². The number of rotatable bonds is 4. The molecule has 1 saturated carbocycles. The van der Waals surface area contributed by atoms with Crippen LogP contribution in [0.4, 0.5) is 0 Å². The number of hydrogen-bond donors (Lipinski definition) is 0. The van der Waals surface area contributed by atoms with Crippen molar-refractivity contribution in [2.45, 2.75) is 47.0 Å². The van der Waals surface area contributed by atoms with Crippen molar-refractivity contribution in [2.75, 3.05) is 0 Å². The average molecular weight is 178 g/mol. The summed E-state index contributed by atoms with van der Waals surface area (Å²) in [5.41, 5.74) is 3.15. The lowest BCUT2D eigenvalue weighted by Gasteiger charge is -2.08.